The Balaban J connectivity index is 2.29. The molecule has 0 unspecified atom stereocenters. The summed E-state index contributed by atoms with van der Waals surface area (Å²) in [6.07, 6.45) is 2.51. The predicted molar refractivity (Wildman–Crippen MR) is 59.4 cm³/mol. The second kappa shape index (κ2) is 4.02. The Bertz CT molecular complexity index is 563. The van der Waals surface area contributed by atoms with Crippen LogP contribution in [0.4, 0.5) is 10.8 Å². The van der Waals surface area contributed by atoms with Crippen molar-refractivity contribution >= 4 is 32.4 Å². The molecule has 0 saturated carbocycles. The molecule has 84 valence electrons. The van der Waals surface area contributed by atoms with Gasteiger partial charge in [-0.25, -0.2) is 13.4 Å². The van der Waals surface area contributed by atoms with E-state index in [0.29, 0.717) is 5.00 Å². The van der Waals surface area contributed by atoms with E-state index < -0.39 is 10.0 Å². The summed E-state index contributed by atoms with van der Waals surface area (Å²) in [5.74, 6) is 0.262. The number of anilines is 2. The molecule has 0 amide bonds. The molecule has 0 fully saturated rings. The molecule has 0 radical (unpaired) electrons. The van der Waals surface area contributed by atoms with Crippen molar-refractivity contribution in [3.8, 4) is 0 Å². The maximum atomic E-state index is 11.8. The third-order valence-electron chi connectivity index (χ3n) is 1.67. The van der Waals surface area contributed by atoms with E-state index in [9.17, 15) is 8.42 Å². The first-order valence-corrected chi connectivity index (χ1v) is 6.35. The van der Waals surface area contributed by atoms with Gasteiger partial charge in [0.2, 0.25) is 0 Å². The highest BCUT2D eigenvalue weighted by molar-refractivity contribution is 7.93. The first kappa shape index (κ1) is 10.8. The summed E-state index contributed by atoms with van der Waals surface area (Å²) in [6.45, 7) is 0. The van der Waals surface area contributed by atoms with Crippen molar-refractivity contribution in [3.63, 3.8) is 0 Å². The summed E-state index contributed by atoms with van der Waals surface area (Å²) in [6, 6.07) is 2.79. The lowest BCUT2D eigenvalue weighted by Gasteiger charge is -2.04. The highest BCUT2D eigenvalue weighted by Gasteiger charge is 2.15. The van der Waals surface area contributed by atoms with Gasteiger partial charge in [0.15, 0.2) is 0 Å². The number of pyridine rings is 1. The van der Waals surface area contributed by atoms with Gasteiger partial charge in [0.1, 0.15) is 15.7 Å². The molecular formula is C7H7N5O2S2. The van der Waals surface area contributed by atoms with Crippen molar-refractivity contribution in [3.05, 3.63) is 24.5 Å². The van der Waals surface area contributed by atoms with Crippen LogP contribution < -0.4 is 10.5 Å². The number of hydrogen-bond donors (Lipinski definition) is 2. The van der Waals surface area contributed by atoms with Gasteiger partial charge in [0.05, 0.1) is 6.20 Å². The number of nitrogen functional groups attached to an aromatic ring is 1. The van der Waals surface area contributed by atoms with Crippen LogP contribution in [0.1, 0.15) is 0 Å². The molecule has 2 rings (SSSR count). The zero-order valence-electron chi connectivity index (χ0n) is 7.86. The fourth-order valence-corrected chi connectivity index (χ4v) is 2.58. The van der Waals surface area contributed by atoms with Crippen molar-refractivity contribution in [2.45, 2.75) is 4.90 Å². The number of sulfonamides is 1. The smallest absolute Gasteiger partial charge is 0.264 e. The average molecular weight is 257 g/mol. The van der Waals surface area contributed by atoms with E-state index in [4.69, 9.17) is 5.73 Å². The van der Waals surface area contributed by atoms with E-state index in [1.165, 1.54) is 24.5 Å². The summed E-state index contributed by atoms with van der Waals surface area (Å²) in [5.41, 5.74) is 5.36. The minimum atomic E-state index is -3.64. The molecule has 2 aromatic heterocycles. The van der Waals surface area contributed by atoms with E-state index >= 15 is 0 Å². The van der Waals surface area contributed by atoms with Crippen LogP contribution in [0.2, 0.25) is 0 Å². The first-order chi connectivity index (χ1) is 7.58. The third-order valence-corrected chi connectivity index (χ3v) is 3.73. The molecule has 16 heavy (non-hydrogen) atoms. The van der Waals surface area contributed by atoms with E-state index in [-0.39, 0.29) is 10.7 Å². The molecule has 3 N–H and O–H groups in total. The minimum absolute atomic E-state index is 0.0371. The fraction of sp³-hybridized carbons (Fsp3) is 0. The Morgan fingerprint density at radius 3 is 2.69 bits per heavy atom. The van der Waals surface area contributed by atoms with Crippen LogP contribution in [0.25, 0.3) is 0 Å². The summed E-state index contributed by atoms with van der Waals surface area (Å²) in [7, 11) is -3.64. The lowest BCUT2D eigenvalue weighted by atomic mass is 10.5. The number of nitrogens with one attached hydrogen (secondary N) is 1. The Morgan fingerprint density at radius 1 is 1.31 bits per heavy atom. The quantitative estimate of drug-likeness (QED) is 0.819. The Hall–Kier alpha value is -1.74. The molecule has 0 aliphatic rings. The first-order valence-electron chi connectivity index (χ1n) is 4.09. The topological polar surface area (TPSA) is 111 Å². The van der Waals surface area contributed by atoms with Crippen LogP contribution in [0.5, 0.6) is 0 Å². The summed E-state index contributed by atoms with van der Waals surface area (Å²) < 4.78 is 29.4. The zero-order chi connectivity index (χ0) is 11.6. The standard InChI is InChI=1S/C7H7N5O2S2/c8-6-2-1-5(3-9-6)16(13,14)11-7-4-10-12-15-7/h1-4,11H,(H2,8,9). The van der Waals surface area contributed by atoms with Gasteiger partial charge < -0.3 is 5.73 Å². The summed E-state index contributed by atoms with van der Waals surface area (Å²) in [5, 5.41) is 3.86. The average Bonchev–Trinajstić information content (AvgIpc) is 2.70. The minimum Gasteiger partial charge on any atom is -0.384 e. The molecule has 0 aromatic carbocycles. The molecule has 0 atom stereocenters. The second-order valence-corrected chi connectivity index (χ2v) is 5.27. The van der Waals surface area contributed by atoms with Crippen molar-refractivity contribution in [2.75, 3.05) is 10.5 Å². The van der Waals surface area contributed by atoms with Crippen molar-refractivity contribution in [2.24, 2.45) is 0 Å². The number of rotatable bonds is 3. The monoisotopic (exact) mass is 257 g/mol. The lowest BCUT2D eigenvalue weighted by Crippen LogP contribution is -2.12. The molecule has 0 aliphatic heterocycles. The number of nitrogens with zero attached hydrogens (tertiary/aromatic N) is 3. The van der Waals surface area contributed by atoms with Crippen LogP contribution >= 0.6 is 11.5 Å². The van der Waals surface area contributed by atoms with Crippen molar-refractivity contribution in [1.29, 1.82) is 0 Å². The van der Waals surface area contributed by atoms with Crippen LogP contribution in [0, 0.1) is 0 Å². The van der Waals surface area contributed by atoms with Gasteiger partial charge in [-0.2, -0.15) is 0 Å². The number of hydrogen-bond acceptors (Lipinski definition) is 7. The van der Waals surface area contributed by atoms with Gasteiger partial charge in [-0.3, -0.25) is 4.72 Å². The third kappa shape index (κ3) is 2.25. The van der Waals surface area contributed by atoms with Gasteiger partial charge in [-0.1, -0.05) is 4.49 Å². The molecule has 2 aromatic rings. The molecular weight excluding hydrogens is 250 g/mol. The highest BCUT2D eigenvalue weighted by atomic mass is 32.2. The maximum Gasteiger partial charge on any atom is 0.264 e. The summed E-state index contributed by atoms with van der Waals surface area (Å²) >= 11 is 0.951. The van der Waals surface area contributed by atoms with Crippen LogP contribution in [-0.4, -0.2) is 23.0 Å². The Labute approximate surface area is 95.5 Å². The molecule has 0 bridgehead atoms. The van der Waals surface area contributed by atoms with Crippen molar-refractivity contribution in [1.82, 2.24) is 14.6 Å². The molecule has 2 heterocycles. The van der Waals surface area contributed by atoms with Crippen LogP contribution in [0.3, 0.4) is 0 Å². The SMILES string of the molecule is Nc1ccc(S(=O)(=O)Nc2cnns2)cn1. The van der Waals surface area contributed by atoms with E-state index in [1.54, 1.807) is 0 Å². The van der Waals surface area contributed by atoms with Gasteiger partial charge in [0.25, 0.3) is 10.0 Å². The largest absolute Gasteiger partial charge is 0.384 e. The van der Waals surface area contributed by atoms with Gasteiger partial charge >= 0.3 is 0 Å². The van der Waals surface area contributed by atoms with Crippen LogP contribution in [-0.2, 0) is 10.0 Å². The molecule has 0 spiro atoms. The lowest BCUT2D eigenvalue weighted by molar-refractivity contribution is 0.601. The zero-order valence-corrected chi connectivity index (χ0v) is 9.49. The van der Waals surface area contributed by atoms with E-state index in [0.717, 1.165) is 11.5 Å². The molecule has 7 nitrogen and oxygen atoms in total. The highest BCUT2D eigenvalue weighted by Crippen LogP contribution is 2.17. The normalized spacial score (nSPS) is 11.2. The second-order valence-electron chi connectivity index (χ2n) is 2.81. The molecule has 9 heteroatoms. The summed E-state index contributed by atoms with van der Waals surface area (Å²) in [4.78, 5) is 3.74. The molecule has 0 aliphatic carbocycles. The fourth-order valence-electron chi connectivity index (χ4n) is 0.954. The van der Waals surface area contributed by atoms with Gasteiger partial charge in [-0.15, -0.1) is 5.10 Å². The van der Waals surface area contributed by atoms with Crippen molar-refractivity contribution < 1.29 is 8.42 Å². The number of nitrogens with two attached hydrogens (primary N) is 1. The van der Waals surface area contributed by atoms with Crippen LogP contribution in [0.15, 0.2) is 29.4 Å². The van der Waals surface area contributed by atoms with E-state index in [2.05, 4.69) is 19.3 Å². The van der Waals surface area contributed by atoms with Gasteiger partial charge in [0, 0.05) is 17.7 Å². The Kier molecular flexibility index (Phi) is 2.71. The van der Waals surface area contributed by atoms with Gasteiger partial charge in [-0.05, 0) is 12.1 Å². The molecule has 0 saturated heterocycles. The Morgan fingerprint density at radius 2 is 2.12 bits per heavy atom. The predicted octanol–water partition coefficient (Wildman–Crippen LogP) is 0.316. The van der Waals surface area contributed by atoms with E-state index in [1.807, 2.05) is 0 Å². The maximum absolute atomic E-state index is 11.8. The number of aromatic nitrogens is 3.